The molecule has 18 atom stereocenters. The summed E-state index contributed by atoms with van der Waals surface area (Å²) in [5.74, 6) is -1.97. The first kappa shape index (κ1) is 90.2. The smallest absolute Gasteiger partial charge is 0.463 e. The molecule has 0 bridgehead atoms. The third-order valence-corrected chi connectivity index (χ3v) is 20.4. The highest BCUT2D eigenvalue weighted by Gasteiger charge is 2.58. The number of aliphatic hydroxyl groups excluding tert-OH is 10. The summed E-state index contributed by atoms with van der Waals surface area (Å²) in [4.78, 5) is 51.0. The van der Waals surface area contributed by atoms with Crippen molar-refractivity contribution in [2.24, 2.45) is 0 Å². The van der Waals surface area contributed by atoms with E-state index in [9.17, 15) is 74.9 Å². The molecule has 98 heavy (non-hydrogen) atoms. The zero-order chi connectivity index (χ0) is 71.8. The van der Waals surface area contributed by atoms with Gasteiger partial charge in [0.2, 0.25) is 0 Å². The molecule has 0 aromatic carbocycles. The summed E-state index contributed by atoms with van der Waals surface area (Å²) in [6, 6.07) is 0. The molecule has 25 heteroatoms. The van der Waals surface area contributed by atoms with Crippen molar-refractivity contribution in [3.63, 3.8) is 0 Å². The normalized spacial score (nSPS) is 27.6. The van der Waals surface area contributed by atoms with Crippen LogP contribution in [-0.4, -0.2) is 204 Å². The fourth-order valence-electron chi connectivity index (χ4n) is 13.1. The van der Waals surface area contributed by atoms with Crippen LogP contribution in [0.1, 0.15) is 316 Å². The Morgan fingerprint density at radius 1 is 0.357 bits per heavy atom. The number of unbranched alkanes of at least 4 members (excludes halogenated alkanes) is 40. The number of aliphatic hydroxyl groups is 10. The summed E-state index contributed by atoms with van der Waals surface area (Å²) in [5.41, 5.74) is 0. The van der Waals surface area contributed by atoms with Crippen molar-refractivity contribution >= 4 is 25.7 Å². The SMILES string of the molecule is CCCCCCCCCCCCCCCCCCC(=O)OCC(COP(=O)(O)OC1C(OC2OC(CO)C(O)C(O)C2O)C(O)C(O)C(O)C1OC1OC(COC(=O)CCCCCCCCCCCCCCCCCC)C(O)C(O)C1O)OC(=O)CCCCCCCCCCCCC. The largest absolute Gasteiger partial charge is 0.472 e. The minimum Gasteiger partial charge on any atom is -0.463 e. The molecule has 18 unspecified atom stereocenters. The van der Waals surface area contributed by atoms with Gasteiger partial charge in [0.15, 0.2) is 18.7 Å². The van der Waals surface area contributed by atoms with Gasteiger partial charge in [0.1, 0.15) is 98.7 Å². The highest BCUT2D eigenvalue weighted by molar-refractivity contribution is 7.47. The molecule has 578 valence electrons. The Bertz CT molecular complexity index is 2030. The van der Waals surface area contributed by atoms with Gasteiger partial charge in [-0.05, 0) is 19.3 Å². The van der Waals surface area contributed by atoms with E-state index < -0.39 is 156 Å². The second-order valence-electron chi connectivity index (χ2n) is 28.1. The van der Waals surface area contributed by atoms with Gasteiger partial charge >= 0.3 is 25.7 Å². The number of rotatable bonds is 61. The summed E-state index contributed by atoms with van der Waals surface area (Å²) in [6.45, 7) is 3.47. The molecule has 3 rings (SSSR count). The molecular formula is C73H137O24P. The first-order valence-corrected chi connectivity index (χ1v) is 40.3. The van der Waals surface area contributed by atoms with Gasteiger partial charge in [-0.2, -0.15) is 0 Å². The van der Waals surface area contributed by atoms with E-state index in [0.717, 1.165) is 89.9 Å². The van der Waals surface area contributed by atoms with E-state index in [2.05, 4.69) is 20.8 Å². The van der Waals surface area contributed by atoms with Crippen LogP contribution >= 0.6 is 7.82 Å². The lowest BCUT2D eigenvalue weighted by Crippen LogP contribution is -2.69. The van der Waals surface area contributed by atoms with Gasteiger partial charge in [-0.1, -0.05) is 278 Å². The van der Waals surface area contributed by atoms with Crippen LogP contribution < -0.4 is 0 Å². The number of carbonyl (C=O) groups is 3. The van der Waals surface area contributed by atoms with Gasteiger partial charge in [-0.15, -0.1) is 0 Å². The third kappa shape index (κ3) is 38.1. The molecular weight excluding hydrogens is 1290 g/mol. The number of carbonyl (C=O) groups excluding carboxylic acids is 3. The van der Waals surface area contributed by atoms with Crippen molar-refractivity contribution in [3.05, 3.63) is 0 Å². The Balaban J connectivity index is 1.70. The van der Waals surface area contributed by atoms with Crippen molar-refractivity contribution < 1.29 is 117 Å². The summed E-state index contributed by atoms with van der Waals surface area (Å²) in [6.07, 6.45) is 13.1. The summed E-state index contributed by atoms with van der Waals surface area (Å²) < 4.78 is 65.0. The number of ether oxygens (including phenoxy) is 7. The summed E-state index contributed by atoms with van der Waals surface area (Å²) >= 11 is 0. The molecule has 3 aliphatic rings. The fourth-order valence-corrected chi connectivity index (χ4v) is 14.0. The van der Waals surface area contributed by atoms with Gasteiger partial charge in [0.05, 0.1) is 13.2 Å². The second kappa shape index (κ2) is 55.4. The molecule has 1 saturated carbocycles. The number of phosphoric ester groups is 1. The van der Waals surface area contributed by atoms with Crippen molar-refractivity contribution in [3.8, 4) is 0 Å². The van der Waals surface area contributed by atoms with E-state index >= 15 is 0 Å². The lowest BCUT2D eigenvalue weighted by molar-refractivity contribution is -0.360. The average molecular weight is 1430 g/mol. The lowest BCUT2D eigenvalue weighted by atomic mass is 9.84. The first-order valence-electron chi connectivity index (χ1n) is 38.8. The van der Waals surface area contributed by atoms with Crippen molar-refractivity contribution in [1.82, 2.24) is 0 Å². The fraction of sp³-hybridized carbons (Fsp3) is 0.959. The summed E-state index contributed by atoms with van der Waals surface area (Å²) in [5, 5.41) is 110. The Morgan fingerprint density at radius 3 is 1.00 bits per heavy atom. The minimum atomic E-state index is -5.69. The number of esters is 3. The average Bonchev–Trinajstić information content (AvgIpc) is 0.764. The highest BCUT2D eigenvalue weighted by atomic mass is 31.2. The van der Waals surface area contributed by atoms with Gasteiger partial charge in [-0.3, -0.25) is 23.4 Å². The predicted molar refractivity (Wildman–Crippen MR) is 370 cm³/mol. The second-order valence-corrected chi connectivity index (χ2v) is 29.5. The number of hydrogen-bond donors (Lipinski definition) is 11. The molecule has 3 fully saturated rings. The van der Waals surface area contributed by atoms with Gasteiger partial charge < -0.3 is 89.1 Å². The minimum absolute atomic E-state index is 0.0339. The van der Waals surface area contributed by atoms with Crippen molar-refractivity contribution in [2.45, 2.75) is 420 Å². The van der Waals surface area contributed by atoms with Crippen LogP contribution in [0.5, 0.6) is 0 Å². The maximum absolute atomic E-state index is 14.3. The van der Waals surface area contributed by atoms with Gasteiger partial charge in [0, 0.05) is 19.3 Å². The highest BCUT2D eigenvalue weighted by Crippen LogP contribution is 2.49. The molecule has 0 radical (unpaired) electrons. The van der Waals surface area contributed by atoms with E-state index in [1.807, 2.05) is 0 Å². The quantitative estimate of drug-likeness (QED) is 0.0117. The van der Waals surface area contributed by atoms with E-state index in [1.54, 1.807) is 0 Å². The van der Waals surface area contributed by atoms with Crippen LogP contribution in [0.2, 0.25) is 0 Å². The van der Waals surface area contributed by atoms with Crippen LogP contribution in [0.3, 0.4) is 0 Å². The molecule has 2 saturated heterocycles. The molecule has 1 aliphatic carbocycles. The first-order chi connectivity index (χ1) is 47.3. The van der Waals surface area contributed by atoms with Gasteiger partial charge in [0.25, 0.3) is 0 Å². The lowest BCUT2D eigenvalue weighted by Gasteiger charge is -2.49. The molecule has 2 aliphatic heterocycles. The van der Waals surface area contributed by atoms with Crippen LogP contribution in [0, 0.1) is 0 Å². The molecule has 24 nitrogen and oxygen atoms in total. The van der Waals surface area contributed by atoms with Crippen molar-refractivity contribution in [1.29, 1.82) is 0 Å². The topological polar surface area (TPSA) is 374 Å². The predicted octanol–water partition coefficient (Wildman–Crippen LogP) is 11.0. The van der Waals surface area contributed by atoms with E-state index in [0.29, 0.717) is 19.3 Å². The van der Waals surface area contributed by atoms with E-state index in [-0.39, 0.29) is 19.3 Å². The van der Waals surface area contributed by atoms with Crippen LogP contribution in [-0.2, 0) is 61.2 Å². The zero-order valence-corrected chi connectivity index (χ0v) is 61.2. The van der Waals surface area contributed by atoms with Gasteiger partial charge in [-0.25, -0.2) is 4.57 Å². The monoisotopic (exact) mass is 1430 g/mol. The number of hydrogen-bond acceptors (Lipinski definition) is 23. The van der Waals surface area contributed by atoms with Crippen LogP contribution in [0.25, 0.3) is 0 Å². The van der Waals surface area contributed by atoms with E-state index in [4.69, 9.17) is 42.2 Å². The molecule has 0 amide bonds. The molecule has 0 aromatic heterocycles. The van der Waals surface area contributed by atoms with Crippen molar-refractivity contribution in [2.75, 3.05) is 26.4 Å². The van der Waals surface area contributed by atoms with Crippen LogP contribution in [0.15, 0.2) is 0 Å². The maximum atomic E-state index is 14.3. The Morgan fingerprint density at radius 2 is 0.653 bits per heavy atom. The Kier molecular flexibility index (Phi) is 51.0. The van der Waals surface area contributed by atoms with E-state index in [1.165, 1.54) is 167 Å². The summed E-state index contributed by atoms with van der Waals surface area (Å²) in [7, 11) is -5.69. The Hall–Kier alpha value is -2.04. The standard InChI is InChI=1S/C73H137O24P/c1-4-7-10-13-16-19-22-24-26-28-30-33-35-38-41-44-47-57(75)89-51-54(92-59(77)49-46-43-40-37-32-21-18-15-12-9-6-3)52-91-98(87,88)97-71-69(95-72-67(85)62(80)60(78)55(50-74)93-72)65(83)64(82)66(84)70(71)96-73-68(86)63(81)61(79)56(94-73)53-90-58(76)48-45-42-39-36-34-31-29-27-25-23-20-17-14-11-8-5-2/h54-56,60-74,78-86H,4-53H2,1-3H3,(H,87,88). The molecule has 0 aromatic rings. The van der Waals surface area contributed by atoms with Crippen LogP contribution in [0.4, 0.5) is 0 Å². The molecule has 0 spiro atoms. The Labute approximate surface area is 587 Å². The maximum Gasteiger partial charge on any atom is 0.472 e. The third-order valence-electron chi connectivity index (χ3n) is 19.4. The molecule has 11 N–H and O–H groups in total. The zero-order valence-electron chi connectivity index (χ0n) is 60.3. The molecule has 2 heterocycles. The number of phosphoric acid groups is 1.